The predicted molar refractivity (Wildman–Crippen MR) is 95.1 cm³/mol. The van der Waals surface area contributed by atoms with Crippen LogP contribution in [0.3, 0.4) is 0 Å². The minimum absolute atomic E-state index is 0.0664. The predicted octanol–water partition coefficient (Wildman–Crippen LogP) is 2.38. The zero-order valence-electron chi connectivity index (χ0n) is 15.5. The average molecular weight is 360 g/mol. The summed E-state index contributed by atoms with van der Waals surface area (Å²) in [6.07, 6.45) is 3.11. The van der Waals surface area contributed by atoms with Crippen molar-refractivity contribution in [3.8, 4) is 5.75 Å². The van der Waals surface area contributed by atoms with Crippen LogP contribution in [0.2, 0.25) is 0 Å². The number of benzene rings is 1. The van der Waals surface area contributed by atoms with Gasteiger partial charge in [-0.2, -0.15) is 0 Å². The number of aliphatic hydroxyl groups is 2. The van der Waals surface area contributed by atoms with Gasteiger partial charge in [0.2, 0.25) is 0 Å². The summed E-state index contributed by atoms with van der Waals surface area (Å²) in [5, 5.41) is 23.1. The van der Waals surface area contributed by atoms with E-state index in [1.807, 2.05) is 12.1 Å². The van der Waals surface area contributed by atoms with Crippen LogP contribution in [0, 0.1) is 11.3 Å². The Morgan fingerprint density at radius 1 is 1.19 bits per heavy atom. The largest absolute Gasteiger partial charge is 0.497 e. The van der Waals surface area contributed by atoms with Gasteiger partial charge in [0.25, 0.3) is 0 Å². The molecule has 0 radical (unpaired) electrons. The SMILES string of the molecule is COc1ccc2c(c1)CC[C@]1(O)[C@@H]3CCC4(OCCO4)C3(C)C[C@@H](O)[C@H]21. The molecule has 1 saturated heterocycles. The van der Waals surface area contributed by atoms with E-state index >= 15 is 0 Å². The van der Waals surface area contributed by atoms with Crippen LogP contribution in [0.25, 0.3) is 0 Å². The second-order valence-corrected chi connectivity index (χ2v) is 8.76. The molecule has 1 heterocycles. The first-order chi connectivity index (χ1) is 12.4. The van der Waals surface area contributed by atoms with Gasteiger partial charge in [-0.05, 0) is 54.9 Å². The zero-order valence-corrected chi connectivity index (χ0v) is 15.5. The molecule has 1 aromatic carbocycles. The second kappa shape index (κ2) is 5.44. The first kappa shape index (κ1) is 17.0. The normalized spacial score (nSPS) is 43.0. The van der Waals surface area contributed by atoms with E-state index in [4.69, 9.17) is 14.2 Å². The molecule has 4 aliphatic rings. The minimum atomic E-state index is -0.924. The van der Waals surface area contributed by atoms with Gasteiger partial charge < -0.3 is 24.4 Å². The lowest BCUT2D eigenvalue weighted by molar-refractivity contribution is -0.268. The first-order valence-electron chi connectivity index (χ1n) is 9.79. The Bertz CT molecular complexity index is 727. The summed E-state index contributed by atoms with van der Waals surface area (Å²) < 4.78 is 17.5. The fraction of sp³-hybridized carbons (Fsp3) is 0.714. The van der Waals surface area contributed by atoms with Gasteiger partial charge in [-0.25, -0.2) is 0 Å². The van der Waals surface area contributed by atoms with E-state index in [-0.39, 0.29) is 17.3 Å². The van der Waals surface area contributed by atoms with Gasteiger partial charge in [0.1, 0.15) is 5.75 Å². The molecule has 2 N–H and O–H groups in total. The van der Waals surface area contributed by atoms with Crippen LogP contribution < -0.4 is 4.74 Å². The molecule has 3 fully saturated rings. The van der Waals surface area contributed by atoms with Gasteiger partial charge in [0.15, 0.2) is 5.79 Å². The summed E-state index contributed by atoms with van der Waals surface area (Å²) in [6.45, 7) is 3.35. The Morgan fingerprint density at radius 2 is 1.96 bits per heavy atom. The Labute approximate surface area is 154 Å². The lowest BCUT2D eigenvalue weighted by Gasteiger charge is -2.58. The van der Waals surface area contributed by atoms with Crippen LogP contribution in [0.5, 0.6) is 5.75 Å². The van der Waals surface area contributed by atoms with Crippen molar-refractivity contribution in [2.24, 2.45) is 11.3 Å². The molecule has 5 rings (SSSR count). The molecule has 5 atom stereocenters. The molecule has 0 bridgehead atoms. The number of aryl methyl sites for hydroxylation is 1. The third-order valence-electron chi connectivity index (χ3n) is 7.80. The van der Waals surface area contributed by atoms with Crippen LogP contribution in [0.4, 0.5) is 0 Å². The van der Waals surface area contributed by atoms with Crippen molar-refractivity contribution < 1.29 is 24.4 Å². The van der Waals surface area contributed by atoms with Crippen LogP contribution in [-0.2, 0) is 15.9 Å². The van der Waals surface area contributed by atoms with E-state index in [1.54, 1.807) is 7.11 Å². The van der Waals surface area contributed by atoms with E-state index in [0.29, 0.717) is 26.1 Å². The molecule has 2 saturated carbocycles. The molecule has 0 aromatic heterocycles. The molecule has 1 aliphatic heterocycles. The van der Waals surface area contributed by atoms with E-state index in [9.17, 15) is 10.2 Å². The maximum Gasteiger partial charge on any atom is 0.174 e. The monoisotopic (exact) mass is 360 g/mol. The molecular formula is C21H28O5. The smallest absolute Gasteiger partial charge is 0.174 e. The van der Waals surface area contributed by atoms with Crippen molar-refractivity contribution in [2.75, 3.05) is 20.3 Å². The standard InChI is InChI=1S/C21H28O5/c1-19-12-16(22)18-15-4-3-14(24-2)11-13(15)5-7-20(18,23)17(19)6-8-21(19)25-9-10-26-21/h3-4,11,16-18,22-23H,5-10,12H2,1-2H3/t16-,17-,18+,19?,20+/m1/s1. The van der Waals surface area contributed by atoms with Gasteiger partial charge >= 0.3 is 0 Å². The lowest BCUT2D eigenvalue weighted by atomic mass is 9.51. The van der Waals surface area contributed by atoms with Crippen LogP contribution in [0.15, 0.2) is 18.2 Å². The molecule has 1 spiro atoms. The summed E-state index contributed by atoms with van der Waals surface area (Å²) in [7, 11) is 1.67. The highest BCUT2D eigenvalue weighted by Crippen LogP contribution is 2.67. The topological polar surface area (TPSA) is 68.2 Å². The third kappa shape index (κ3) is 1.95. The number of hydrogen-bond acceptors (Lipinski definition) is 5. The van der Waals surface area contributed by atoms with Crippen LogP contribution in [-0.4, -0.2) is 48.0 Å². The van der Waals surface area contributed by atoms with Crippen molar-refractivity contribution in [2.45, 2.75) is 62.4 Å². The second-order valence-electron chi connectivity index (χ2n) is 8.76. The summed E-state index contributed by atoms with van der Waals surface area (Å²) in [6, 6.07) is 6.02. The quantitative estimate of drug-likeness (QED) is 0.805. The average Bonchev–Trinajstić information content (AvgIpc) is 3.21. The highest BCUT2D eigenvalue weighted by molar-refractivity contribution is 5.43. The van der Waals surface area contributed by atoms with E-state index in [1.165, 1.54) is 5.56 Å². The Kier molecular flexibility index (Phi) is 3.56. The van der Waals surface area contributed by atoms with Gasteiger partial charge in [0.05, 0.1) is 32.0 Å². The van der Waals surface area contributed by atoms with Crippen LogP contribution in [0.1, 0.15) is 49.7 Å². The molecule has 5 nitrogen and oxygen atoms in total. The van der Waals surface area contributed by atoms with Crippen LogP contribution >= 0.6 is 0 Å². The number of hydrogen-bond donors (Lipinski definition) is 2. The van der Waals surface area contributed by atoms with Gasteiger partial charge in [-0.15, -0.1) is 0 Å². The Hall–Kier alpha value is -1.14. The van der Waals surface area contributed by atoms with Crippen molar-refractivity contribution in [1.82, 2.24) is 0 Å². The Morgan fingerprint density at radius 3 is 2.69 bits per heavy atom. The Balaban J connectivity index is 1.59. The van der Waals surface area contributed by atoms with Gasteiger partial charge in [0, 0.05) is 17.8 Å². The summed E-state index contributed by atoms with van der Waals surface area (Å²) in [5.41, 5.74) is 0.969. The maximum absolute atomic E-state index is 11.9. The maximum atomic E-state index is 11.9. The van der Waals surface area contributed by atoms with Gasteiger partial charge in [-0.3, -0.25) is 0 Å². The molecule has 5 heteroatoms. The zero-order chi connectivity index (χ0) is 18.2. The number of aliphatic hydroxyl groups excluding tert-OH is 1. The molecule has 26 heavy (non-hydrogen) atoms. The fourth-order valence-corrected chi connectivity index (χ4v) is 6.70. The minimum Gasteiger partial charge on any atom is -0.497 e. The van der Waals surface area contributed by atoms with E-state index in [0.717, 1.165) is 30.6 Å². The third-order valence-corrected chi connectivity index (χ3v) is 7.80. The highest BCUT2D eigenvalue weighted by Gasteiger charge is 2.71. The molecule has 3 aliphatic carbocycles. The van der Waals surface area contributed by atoms with Crippen molar-refractivity contribution >= 4 is 0 Å². The summed E-state index contributed by atoms with van der Waals surface area (Å²) >= 11 is 0. The number of methoxy groups -OCH3 is 1. The van der Waals surface area contributed by atoms with Crippen molar-refractivity contribution in [1.29, 1.82) is 0 Å². The highest BCUT2D eigenvalue weighted by atomic mass is 16.7. The van der Waals surface area contributed by atoms with Gasteiger partial charge in [-0.1, -0.05) is 13.0 Å². The molecule has 1 aromatic rings. The number of rotatable bonds is 1. The van der Waals surface area contributed by atoms with Crippen molar-refractivity contribution in [3.63, 3.8) is 0 Å². The fourth-order valence-electron chi connectivity index (χ4n) is 6.70. The molecule has 142 valence electrons. The number of fused-ring (bicyclic) bond motifs is 6. The van der Waals surface area contributed by atoms with E-state index < -0.39 is 17.5 Å². The molecular weight excluding hydrogens is 332 g/mol. The first-order valence-corrected chi connectivity index (χ1v) is 9.79. The summed E-state index contributed by atoms with van der Waals surface area (Å²) in [5.74, 6) is -0.0000587. The van der Waals surface area contributed by atoms with Crippen molar-refractivity contribution in [3.05, 3.63) is 29.3 Å². The molecule has 0 amide bonds. The van der Waals surface area contributed by atoms with E-state index in [2.05, 4.69) is 13.0 Å². The number of ether oxygens (including phenoxy) is 3. The lowest BCUT2D eigenvalue weighted by Crippen LogP contribution is -2.63. The molecule has 1 unspecified atom stereocenters. The summed E-state index contributed by atoms with van der Waals surface area (Å²) in [4.78, 5) is 0.